The van der Waals surface area contributed by atoms with Gasteiger partial charge in [-0.3, -0.25) is 9.69 Å². The fourth-order valence-corrected chi connectivity index (χ4v) is 6.56. The van der Waals surface area contributed by atoms with Crippen LogP contribution in [0.15, 0.2) is 35.7 Å². The van der Waals surface area contributed by atoms with E-state index in [-0.39, 0.29) is 5.41 Å². The van der Waals surface area contributed by atoms with E-state index in [2.05, 4.69) is 54.8 Å². The van der Waals surface area contributed by atoms with E-state index in [1.54, 1.807) is 0 Å². The number of carbonyl (C=O) groups is 1. The van der Waals surface area contributed by atoms with Crippen LogP contribution in [0, 0.1) is 11.8 Å². The first-order valence-corrected chi connectivity index (χ1v) is 11.9. The number of hydrogen-bond acceptors (Lipinski definition) is 4. The molecule has 0 bridgehead atoms. The van der Waals surface area contributed by atoms with Crippen LogP contribution < -0.4 is 4.74 Å². The molecule has 0 aromatic heterocycles. The number of carbonyl (C=O) groups excluding carboxylic acids is 1. The van der Waals surface area contributed by atoms with Crippen LogP contribution in [0.25, 0.3) is 0 Å². The van der Waals surface area contributed by atoms with Crippen molar-refractivity contribution >= 4 is 6.29 Å². The zero-order valence-electron chi connectivity index (χ0n) is 18.8. The van der Waals surface area contributed by atoms with Crippen molar-refractivity contribution in [1.29, 1.82) is 0 Å². The molecule has 4 heteroatoms. The van der Waals surface area contributed by atoms with Crippen molar-refractivity contribution in [2.45, 2.75) is 76.8 Å². The summed E-state index contributed by atoms with van der Waals surface area (Å²) in [4.78, 5) is 17.2. The van der Waals surface area contributed by atoms with Gasteiger partial charge in [-0.2, -0.15) is 0 Å². The molecule has 0 unspecified atom stereocenters. The van der Waals surface area contributed by atoms with Gasteiger partial charge in [0.05, 0.1) is 5.57 Å². The lowest BCUT2D eigenvalue weighted by Crippen LogP contribution is -2.65. The number of hydrogen-bond donors (Lipinski definition) is 0. The smallest absolute Gasteiger partial charge is 0.202 e. The number of nitrogens with zero attached hydrogens (tertiary/aromatic N) is 2. The molecule has 4 aliphatic rings. The second-order valence-corrected chi connectivity index (χ2v) is 10.8. The number of aldehydes is 1. The van der Waals surface area contributed by atoms with Crippen LogP contribution in [0.4, 0.5) is 0 Å². The Labute approximate surface area is 181 Å². The van der Waals surface area contributed by atoms with Crippen molar-refractivity contribution < 1.29 is 9.53 Å². The summed E-state index contributed by atoms with van der Waals surface area (Å²) >= 11 is 0. The van der Waals surface area contributed by atoms with Crippen molar-refractivity contribution in [3.63, 3.8) is 0 Å². The predicted octanol–water partition coefficient (Wildman–Crippen LogP) is 4.74. The van der Waals surface area contributed by atoms with Gasteiger partial charge in [0.15, 0.2) is 6.29 Å². The Kier molecular flexibility index (Phi) is 5.17. The zero-order chi connectivity index (χ0) is 20.9. The second kappa shape index (κ2) is 7.71. The molecule has 1 aromatic rings. The molecule has 0 spiro atoms. The van der Waals surface area contributed by atoms with Crippen LogP contribution in [0.2, 0.25) is 0 Å². The molecule has 162 valence electrons. The Bertz CT molecular complexity index is 820. The molecule has 0 saturated carbocycles. The maximum absolute atomic E-state index is 11.9. The Morgan fingerprint density at radius 1 is 1.03 bits per heavy atom. The number of piperidine rings is 3. The lowest BCUT2D eigenvalue weighted by atomic mass is 9.68. The number of ether oxygens (including phenoxy) is 1. The van der Waals surface area contributed by atoms with Crippen molar-refractivity contribution in [3.8, 4) is 5.75 Å². The van der Waals surface area contributed by atoms with Crippen molar-refractivity contribution in [3.05, 3.63) is 41.3 Å². The molecular weight excluding hydrogens is 372 g/mol. The van der Waals surface area contributed by atoms with E-state index in [4.69, 9.17) is 4.74 Å². The molecule has 4 aliphatic heterocycles. The topological polar surface area (TPSA) is 32.8 Å². The van der Waals surface area contributed by atoms with Gasteiger partial charge in [0.2, 0.25) is 5.88 Å². The fraction of sp³-hybridized carbons (Fsp3) is 0.654. The van der Waals surface area contributed by atoms with Crippen molar-refractivity contribution in [2.75, 3.05) is 19.6 Å². The Morgan fingerprint density at radius 3 is 2.47 bits per heavy atom. The van der Waals surface area contributed by atoms with E-state index >= 15 is 0 Å². The predicted molar refractivity (Wildman–Crippen MR) is 119 cm³/mol. The highest BCUT2D eigenvalue weighted by Crippen LogP contribution is 2.46. The molecule has 0 aliphatic carbocycles. The average Bonchev–Trinajstić information content (AvgIpc) is 2.74. The summed E-state index contributed by atoms with van der Waals surface area (Å²) in [6, 6.07) is 9.70. The molecule has 0 N–H and O–H groups in total. The van der Waals surface area contributed by atoms with E-state index in [0.29, 0.717) is 17.9 Å². The molecule has 0 radical (unpaired) electrons. The SMILES string of the molecule is CC(C)(C)c1ccc(OC2=C(C=O)CC[C@@H]3[C@H]4CCCN5CCC[C@@H](CN23)[C@@H]45)cc1. The van der Waals surface area contributed by atoms with Gasteiger partial charge in [0, 0.05) is 18.6 Å². The summed E-state index contributed by atoms with van der Waals surface area (Å²) in [5.74, 6) is 3.10. The van der Waals surface area contributed by atoms with Crippen molar-refractivity contribution in [1.82, 2.24) is 9.80 Å². The van der Waals surface area contributed by atoms with E-state index < -0.39 is 0 Å². The Balaban J connectivity index is 1.43. The van der Waals surface area contributed by atoms with Crippen molar-refractivity contribution in [2.24, 2.45) is 11.8 Å². The normalized spacial score (nSPS) is 31.8. The molecule has 5 rings (SSSR count). The summed E-state index contributed by atoms with van der Waals surface area (Å²) in [5.41, 5.74) is 2.26. The van der Waals surface area contributed by atoms with Crippen LogP contribution in [0.3, 0.4) is 0 Å². The molecular formula is C26H36N2O2. The first-order chi connectivity index (χ1) is 14.5. The molecule has 4 atom stereocenters. The van der Waals surface area contributed by atoms with Crippen LogP contribution in [0.1, 0.15) is 64.9 Å². The minimum absolute atomic E-state index is 0.122. The lowest BCUT2D eigenvalue weighted by molar-refractivity contribution is -0.107. The minimum Gasteiger partial charge on any atom is -0.441 e. The van der Waals surface area contributed by atoms with Gasteiger partial charge in [-0.25, -0.2) is 0 Å². The summed E-state index contributed by atoms with van der Waals surface area (Å²) in [5, 5.41) is 0. The van der Waals surface area contributed by atoms with Gasteiger partial charge in [-0.05, 0) is 86.6 Å². The number of benzene rings is 1. The lowest BCUT2D eigenvalue weighted by Gasteiger charge is -2.59. The van der Waals surface area contributed by atoms with Gasteiger partial charge in [0.1, 0.15) is 5.75 Å². The maximum Gasteiger partial charge on any atom is 0.202 e. The van der Waals surface area contributed by atoms with E-state index in [0.717, 1.165) is 48.9 Å². The number of allylic oxidation sites excluding steroid dienone is 1. The largest absolute Gasteiger partial charge is 0.441 e. The maximum atomic E-state index is 11.9. The van der Waals surface area contributed by atoms with E-state index in [1.807, 2.05) is 0 Å². The van der Waals surface area contributed by atoms with Gasteiger partial charge in [-0.15, -0.1) is 0 Å². The van der Waals surface area contributed by atoms with Gasteiger partial charge < -0.3 is 9.64 Å². The molecule has 4 heterocycles. The third-order valence-electron chi connectivity index (χ3n) is 7.99. The summed E-state index contributed by atoms with van der Waals surface area (Å²) < 4.78 is 6.47. The van der Waals surface area contributed by atoms with Crippen LogP contribution in [-0.2, 0) is 10.2 Å². The molecule has 0 amide bonds. The highest BCUT2D eigenvalue weighted by molar-refractivity contribution is 5.74. The third-order valence-corrected chi connectivity index (χ3v) is 7.99. The molecule has 4 nitrogen and oxygen atoms in total. The monoisotopic (exact) mass is 408 g/mol. The van der Waals surface area contributed by atoms with Crippen LogP contribution >= 0.6 is 0 Å². The Morgan fingerprint density at radius 2 is 1.77 bits per heavy atom. The second-order valence-electron chi connectivity index (χ2n) is 10.8. The molecule has 1 aromatic carbocycles. The minimum atomic E-state index is 0.122. The summed E-state index contributed by atoms with van der Waals surface area (Å²) in [6.07, 6.45) is 8.22. The average molecular weight is 409 g/mol. The first kappa shape index (κ1) is 20.1. The first-order valence-electron chi connectivity index (χ1n) is 11.9. The molecule has 3 fully saturated rings. The van der Waals surface area contributed by atoms with Gasteiger partial charge >= 0.3 is 0 Å². The highest BCUT2D eigenvalue weighted by atomic mass is 16.5. The summed E-state index contributed by atoms with van der Waals surface area (Å²) in [7, 11) is 0. The van der Waals surface area contributed by atoms with Gasteiger partial charge in [0.25, 0.3) is 0 Å². The highest BCUT2D eigenvalue weighted by Gasteiger charge is 2.50. The standard InChI is InChI=1S/C26H36N2O2/c1-26(2,3)20-9-11-21(12-10-20)30-25-19(17-29)8-13-23-22-7-5-15-27-14-4-6-18(24(22)27)16-28(23)25/h9-12,17-18,22-24H,4-8,13-16H2,1-3H3/t18-,22+,23+,24-/m0/s1. The van der Waals surface area contributed by atoms with Crippen LogP contribution in [-0.4, -0.2) is 47.8 Å². The number of fused-ring (bicyclic) bond motifs is 2. The zero-order valence-corrected chi connectivity index (χ0v) is 18.8. The van der Waals surface area contributed by atoms with E-state index in [9.17, 15) is 4.79 Å². The Hall–Kier alpha value is -1.81. The summed E-state index contributed by atoms with van der Waals surface area (Å²) in [6.45, 7) is 10.3. The van der Waals surface area contributed by atoms with Gasteiger partial charge in [-0.1, -0.05) is 32.9 Å². The molecule has 3 saturated heterocycles. The fourth-order valence-electron chi connectivity index (χ4n) is 6.56. The quantitative estimate of drug-likeness (QED) is 0.676. The molecule has 30 heavy (non-hydrogen) atoms. The third kappa shape index (κ3) is 3.47. The number of rotatable bonds is 3. The van der Waals surface area contributed by atoms with E-state index in [1.165, 1.54) is 44.3 Å². The van der Waals surface area contributed by atoms with Crippen LogP contribution in [0.5, 0.6) is 5.75 Å².